The van der Waals surface area contributed by atoms with Crippen LogP contribution in [0.3, 0.4) is 0 Å². The molecule has 0 spiro atoms. The average Bonchev–Trinajstić information content (AvgIpc) is 2.68. The third-order valence-corrected chi connectivity index (χ3v) is 4.38. The highest BCUT2D eigenvalue weighted by molar-refractivity contribution is 5.93. The van der Waals surface area contributed by atoms with Crippen LogP contribution in [0, 0.1) is 11.7 Å². The molecule has 134 valence electrons. The molecule has 0 bridgehead atoms. The van der Waals surface area contributed by atoms with Gasteiger partial charge < -0.3 is 10.2 Å². The first-order valence-corrected chi connectivity index (χ1v) is 8.56. The number of aromatic nitrogens is 1. The molecule has 1 aromatic carbocycles. The van der Waals surface area contributed by atoms with Gasteiger partial charge in [-0.2, -0.15) is 0 Å². The van der Waals surface area contributed by atoms with E-state index in [1.165, 1.54) is 18.2 Å². The fourth-order valence-electron chi connectivity index (χ4n) is 2.87. The minimum absolute atomic E-state index is 0.0577. The molecule has 2 heterocycles. The summed E-state index contributed by atoms with van der Waals surface area (Å²) < 4.78 is 12.9. The summed E-state index contributed by atoms with van der Waals surface area (Å²) in [5.41, 5.74) is 0.768. The second-order valence-electron chi connectivity index (χ2n) is 6.19. The Balaban J connectivity index is 1.49. The van der Waals surface area contributed by atoms with Crippen molar-refractivity contribution in [2.75, 3.05) is 18.4 Å². The van der Waals surface area contributed by atoms with Gasteiger partial charge in [0.2, 0.25) is 11.8 Å². The van der Waals surface area contributed by atoms with Gasteiger partial charge >= 0.3 is 0 Å². The molecule has 1 aromatic heterocycles. The highest BCUT2D eigenvalue weighted by atomic mass is 19.1. The number of rotatable bonds is 4. The number of hydrogen-bond donors (Lipinski definition) is 1. The minimum Gasteiger partial charge on any atom is -0.339 e. The van der Waals surface area contributed by atoms with Gasteiger partial charge in [-0.3, -0.25) is 9.59 Å². The second-order valence-corrected chi connectivity index (χ2v) is 6.19. The number of piperidine rings is 1. The van der Waals surface area contributed by atoms with Crippen molar-refractivity contribution in [3.05, 3.63) is 66.1 Å². The number of anilines is 1. The van der Waals surface area contributed by atoms with Gasteiger partial charge in [0.05, 0.1) is 0 Å². The van der Waals surface area contributed by atoms with Crippen LogP contribution in [-0.2, 0) is 9.59 Å². The van der Waals surface area contributed by atoms with Crippen LogP contribution in [0.4, 0.5) is 10.2 Å². The molecule has 0 radical (unpaired) electrons. The van der Waals surface area contributed by atoms with Crippen LogP contribution in [0.15, 0.2) is 54.7 Å². The van der Waals surface area contributed by atoms with Crippen LogP contribution in [0.25, 0.3) is 6.08 Å². The zero-order valence-electron chi connectivity index (χ0n) is 14.3. The molecule has 1 N–H and O–H groups in total. The number of carbonyl (C=O) groups excluding carboxylic acids is 2. The third-order valence-electron chi connectivity index (χ3n) is 4.38. The van der Waals surface area contributed by atoms with Gasteiger partial charge in [-0.15, -0.1) is 0 Å². The number of hydrogen-bond acceptors (Lipinski definition) is 3. The van der Waals surface area contributed by atoms with Crippen molar-refractivity contribution in [2.24, 2.45) is 5.92 Å². The number of benzene rings is 1. The first-order valence-electron chi connectivity index (χ1n) is 8.56. The van der Waals surface area contributed by atoms with E-state index in [4.69, 9.17) is 0 Å². The molecule has 2 aromatic rings. The van der Waals surface area contributed by atoms with Gasteiger partial charge in [-0.05, 0) is 48.7 Å². The molecule has 0 saturated carbocycles. The fraction of sp³-hybridized carbons (Fsp3) is 0.250. The molecule has 1 aliphatic rings. The Morgan fingerprint density at radius 3 is 2.50 bits per heavy atom. The second kappa shape index (κ2) is 8.38. The zero-order chi connectivity index (χ0) is 18.4. The summed E-state index contributed by atoms with van der Waals surface area (Å²) in [6.07, 6.45) is 6.02. The Labute approximate surface area is 151 Å². The predicted octanol–water partition coefficient (Wildman–Crippen LogP) is 3.11. The lowest BCUT2D eigenvalue weighted by Gasteiger charge is -2.30. The molecule has 3 rings (SSSR count). The fourth-order valence-corrected chi connectivity index (χ4v) is 2.87. The summed E-state index contributed by atoms with van der Waals surface area (Å²) in [4.78, 5) is 30.4. The Hall–Kier alpha value is -3.02. The molecule has 2 amide bonds. The van der Waals surface area contributed by atoms with Crippen molar-refractivity contribution in [2.45, 2.75) is 12.8 Å². The largest absolute Gasteiger partial charge is 0.339 e. The zero-order valence-corrected chi connectivity index (χ0v) is 14.3. The summed E-state index contributed by atoms with van der Waals surface area (Å²) in [5.74, 6) is -0.0459. The maximum absolute atomic E-state index is 12.9. The Morgan fingerprint density at radius 2 is 1.85 bits per heavy atom. The number of nitrogens with one attached hydrogen (secondary N) is 1. The average molecular weight is 353 g/mol. The van der Waals surface area contributed by atoms with Crippen molar-refractivity contribution >= 4 is 23.7 Å². The predicted molar refractivity (Wildman–Crippen MR) is 97.6 cm³/mol. The van der Waals surface area contributed by atoms with E-state index in [9.17, 15) is 14.0 Å². The number of nitrogens with zero attached hydrogens (tertiary/aromatic N) is 2. The first-order chi connectivity index (χ1) is 12.6. The van der Waals surface area contributed by atoms with Crippen LogP contribution in [0.1, 0.15) is 18.4 Å². The lowest BCUT2D eigenvalue weighted by Crippen LogP contribution is -2.40. The maximum atomic E-state index is 12.9. The molecule has 0 unspecified atom stereocenters. The van der Waals surface area contributed by atoms with Crippen molar-refractivity contribution in [3.8, 4) is 0 Å². The van der Waals surface area contributed by atoms with E-state index in [-0.39, 0.29) is 23.5 Å². The SMILES string of the molecule is O=C(Nc1ccccn1)C1CCN(C(=O)C=Cc2ccc(F)cc2)CC1. The molecule has 1 fully saturated rings. The van der Waals surface area contributed by atoms with Crippen molar-refractivity contribution < 1.29 is 14.0 Å². The van der Waals surface area contributed by atoms with Crippen LogP contribution in [0.5, 0.6) is 0 Å². The summed E-state index contributed by atoms with van der Waals surface area (Å²) in [6, 6.07) is 11.3. The smallest absolute Gasteiger partial charge is 0.246 e. The highest BCUT2D eigenvalue weighted by Crippen LogP contribution is 2.19. The van der Waals surface area contributed by atoms with E-state index >= 15 is 0 Å². The molecule has 26 heavy (non-hydrogen) atoms. The number of halogens is 1. The first kappa shape index (κ1) is 17.8. The number of amides is 2. The van der Waals surface area contributed by atoms with Gasteiger partial charge in [0.15, 0.2) is 0 Å². The van der Waals surface area contributed by atoms with E-state index in [2.05, 4.69) is 10.3 Å². The summed E-state index contributed by atoms with van der Waals surface area (Å²) in [5, 5.41) is 2.81. The van der Waals surface area contributed by atoms with Gasteiger partial charge in [-0.25, -0.2) is 9.37 Å². The molecule has 1 aliphatic heterocycles. The van der Waals surface area contributed by atoms with Crippen LogP contribution in [-0.4, -0.2) is 34.8 Å². The lowest BCUT2D eigenvalue weighted by atomic mass is 9.96. The number of pyridine rings is 1. The molecular weight excluding hydrogens is 333 g/mol. The van der Waals surface area contributed by atoms with E-state index in [0.717, 1.165) is 5.56 Å². The summed E-state index contributed by atoms with van der Waals surface area (Å²) in [6.45, 7) is 1.07. The third kappa shape index (κ3) is 4.75. The number of carbonyl (C=O) groups is 2. The van der Waals surface area contributed by atoms with Crippen molar-refractivity contribution in [1.82, 2.24) is 9.88 Å². The minimum atomic E-state index is -0.306. The van der Waals surface area contributed by atoms with Crippen molar-refractivity contribution in [1.29, 1.82) is 0 Å². The standard InChI is InChI=1S/C20H20FN3O2/c21-17-7-4-15(5-8-17)6-9-19(25)24-13-10-16(11-14-24)20(26)23-18-3-1-2-12-22-18/h1-9,12,16H,10-11,13-14H2,(H,22,23,26). The van der Waals surface area contributed by atoms with Gasteiger partial charge in [0.25, 0.3) is 0 Å². The molecule has 5 nitrogen and oxygen atoms in total. The summed E-state index contributed by atoms with van der Waals surface area (Å²) >= 11 is 0. The highest BCUT2D eigenvalue weighted by Gasteiger charge is 2.26. The summed E-state index contributed by atoms with van der Waals surface area (Å²) in [7, 11) is 0. The lowest BCUT2D eigenvalue weighted by molar-refractivity contribution is -0.130. The van der Waals surface area contributed by atoms with Gasteiger partial charge in [0.1, 0.15) is 11.6 Å². The quantitative estimate of drug-likeness (QED) is 0.859. The molecule has 6 heteroatoms. The monoisotopic (exact) mass is 353 g/mol. The van der Waals surface area contributed by atoms with Crippen LogP contribution in [0.2, 0.25) is 0 Å². The van der Waals surface area contributed by atoms with E-state index < -0.39 is 0 Å². The number of likely N-dealkylation sites (tertiary alicyclic amines) is 1. The van der Waals surface area contributed by atoms with Gasteiger partial charge in [-0.1, -0.05) is 18.2 Å². The van der Waals surface area contributed by atoms with E-state index in [1.54, 1.807) is 41.4 Å². The normalized spacial score (nSPS) is 15.2. The topological polar surface area (TPSA) is 62.3 Å². The van der Waals surface area contributed by atoms with Crippen molar-refractivity contribution in [3.63, 3.8) is 0 Å². The van der Waals surface area contributed by atoms with Gasteiger partial charge in [0, 0.05) is 31.3 Å². The molecular formula is C20H20FN3O2. The Kier molecular flexibility index (Phi) is 5.73. The molecule has 0 atom stereocenters. The Morgan fingerprint density at radius 1 is 1.12 bits per heavy atom. The molecule has 0 aliphatic carbocycles. The molecule has 1 saturated heterocycles. The Bertz CT molecular complexity index is 782. The maximum Gasteiger partial charge on any atom is 0.246 e. The van der Waals surface area contributed by atoms with Crippen LogP contribution >= 0.6 is 0 Å². The van der Waals surface area contributed by atoms with E-state index in [0.29, 0.717) is 31.7 Å². The van der Waals surface area contributed by atoms with Crippen LogP contribution < -0.4 is 5.32 Å². The van der Waals surface area contributed by atoms with E-state index in [1.807, 2.05) is 6.07 Å².